The van der Waals surface area contributed by atoms with E-state index >= 15 is 0 Å². The van der Waals surface area contributed by atoms with Crippen molar-refractivity contribution < 1.29 is 24.2 Å². The van der Waals surface area contributed by atoms with Crippen LogP contribution in [-0.4, -0.2) is 53.8 Å². The SMILES string of the molecule is CSCC[C@H](NC(=O)OCC1c2ccccc2-c2ccccc21)C(=O)N[C@@H](C)CC(=O)O. The Balaban J connectivity index is 1.63. The highest BCUT2D eigenvalue weighted by atomic mass is 32.2. The fraction of sp³-hybridized carbons (Fsp3) is 0.375. The summed E-state index contributed by atoms with van der Waals surface area (Å²) in [5.41, 5.74) is 4.50. The third kappa shape index (κ3) is 5.82. The van der Waals surface area contributed by atoms with Gasteiger partial charge in [0.25, 0.3) is 0 Å². The van der Waals surface area contributed by atoms with Crippen molar-refractivity contribution in [3.05, 3.63) is 59.7 Å². The Kier molecular flexibility index (Phi) is 8.16. The van der Waals surface area contributed by atoms with E-state index in [1.54, 1.807) is 18.7 Å². The molecule has 0 bridgehead atoms. The molecule has 0 radical (unpaired) electrons. The van der Waals surface area contributed by atoms with Gasteiger partial charge in [-0.15, -0.1) is 0 Å². The van der Waals surface area contributed by atoms with Crippen molar-refractivity contribution in [2.75, 3.05) is 18.6 Å². The van der Waals surface area contributed by atoms with Crippen LogP contribution in [0.2, 0.25) is 0 Å². The molecule has 2 aromatic rings. The van der Waals surface area contributed by atoms with Crippen molar-refractivity contribution in [2.24, 2.45) is 0 Å². The van der Waals surface area contributed by atoms with Gasteiger partial charge in [0, 0.05) is 12.0 Å². The molecule has 32 heavy (non-hydrogen) atoms. The standard InChI is InChI=1S/C24H28N2O5S/c1-15(13-22(27)28)25-23(29)21(11-12-32-2)26-24(30)31-14-20-18-9-5-3-7-16(18)17-8-4-6-10-19(17)20/h3-10,15,20-21H,11-14H2,1-2H3,(H,25,29)(H,26,30)(H,27,28)/t15-,21-/m0/s1. The number of benzene rings is 2. The van der Waals surface area contributed by atoms with Gasteiger partial charge in [-0.2, -0.15) is 11.8 Å². The lowest BCUT2D eigenvalue weighted by atomic mass is 9.98. The summed E-state index contributed by atoms with van der Waals surface area (Å²) in [5.74, 6) is -0.818. The second kappa shape index (κ2) is 11.0. The van der Waals surface area contributed by atoms with Gasteiger partial charge in [0.15, 0.2) is 0 Å². The maximum absolute atomic E-state index is 12.6. The number of hydrogen-bond donors (Lipinski definition) is 3. The Hall–Kier alpha value is -3.00. The molecule has 3 rings (SSSR count). The van der Waals surface area contributed by atoms with Crippen molar-refractivity contribution in [3.8, 4) is 11.1 Å². The van der Waals surface area contributed by atoms with E-state index in [1.807, 2.05) is 42.7 Å². The van der Waals surface area contributed by atoms with E-state index in [0.29, 0.717) is 12.2 Å². The van der Waals surface area contributed by atoms with Crippen molar-refractivity contribution >= 4 is 29.7 Å². The van der Waals surface area contributed by atoms with Crippen LogP contribution in [0.3, 0.4) is 0 Å². The molecule has 0 aromatic heterocycles. The number of alkyl carbamates (subject to hydrolysis) is 1. The average Bonchev–Trinajstić information content (AvgIpc) is 3.08. The summed E-state index contributed by atoms with van der Waals surface area (Å²) in [6.45, 7) is 1.77. The first-order valence-corrected chi connectivity index (χ1v) is 11.9. The van der Waals surface area contributed by atoms with Crippen LogP contribution in [0.25, 0.3) is 11.1 Å². The summed E-state index contributed by atoms with van der Waals surface area (Å²) in [7, 11) is 0. The number of hydrogen-bond acceptors (Lipinski definition) is 5. The normalized spacial score (nSPS) is 14.1. The number of carboxylic acids is 1. The first-order chi connectivity index (χ1) is 15.4. The van der Waals surface area contributed by atoms with Crippen LogP contribution in [-0.2, 0) is 14.3 Å². The topological polar surface area (TPSA) is 105 Å². The van der Waals surface area contributed by atoms with E-state index in [2.05, 4.69) is 22.8 Å². The number of fused-ring (bicyclic) bond motifs is 3. The highest BCUT2D eigenvalue weighted by Gasteiger charge is 2.30. The zero-order valence-electron chi connectivity index (χ0n) is 18.2. The van der Waals surface area contributed by atoms with E-state index < -0.39 is 30.1 Å². The lowest BCUT2D eigenvalue weighted by Gasteiger charge is -2.21. The van der Waals surface area contributed by atoms with E-state index in [0.717, 1.165) is 22.3 Å². The van der Waals surface area contributed by atoms with Crippen LogP contribution in [0.15, 0.2) is 48.5 Å². The Bertz CT molecular complexity index is 935. The quantitative estimate of drug-likeness (QED) is 0.504. The maximum atomic E-state index is 12.6. The number of carboxylic acid groups (broad SMARTS) is 1. The fourth-order valence-electron chi connectivity index (χ4n) is 3.94. The molecule has 0 heterocycles. The van der Waals surface area contributed by atoms with Crippen LogP contribution in [0, 0.1) is 0 Å². The number of amides is 2. The maximum Gasteiger partial charge on any atom is 0.407 e. The second-order valence-electron chi connectivity index (χ2n) is 7.81. The molecule has 0 unspecified atom stereocenters. The highest BCUT2D eigenvalue weighted by molar-refractivity contribution is 7.98. The number of aliphatic carboxylic acids is 1. The molecule has 0 spiro atoms. The summed E-state index contributed by atoms with van der Waals surface area (Å²) < 4.78 is 5.54. The molecule has 2 aromatic carbocycles. The van der Waals surface area contributed by atoms with Crippen LogP contribution >= 0.6 is 11.8 Å². The van der Waals surface area contributed by atoms with E-state index in [-0.39, 0.29) is 18.9 Å². The van der Waals surface area contributed by atoms with Crippen molar-refractivity contribution in [2.45, 2.75) is 37.8 Å². The minimum atomic E-state index is -0.997. The predicted octanol–water partition coefficient (Wildman–Crippen LogP) is 3.63. The number of carbonyl (C=O) groups is 3. The molecule has 0 saturated carbocycles. The third-order valence-corrected chi connectivity index (χ3v) is 6.08. The van der Waals surface area contributed by atoms with Gasteiger partial charge < -0.3 is 20.5 Å². The van der Waals surface area contributed by atoms with Gasteiger partial charge >= 0.3 is 12.1 Å². The first-order valence-electron chi connectivity index (χ1n) is 10.5. The van der Waals surface area contributed by atoms with Crippen LogP contribution in [0.4, 0.5) is 4.79 Å². The van der Waals surface area contributed by atoms with Crippen LogP contribution < -0.4 is 10.6 Å². The molecule has 1 aliphatic carbocycles. The molecule has 0 fully saturated rings. The van der Waals surface area contributed by atoms with Gasteiger partial charge in [-0.05, 0) is 47.6 Å². The third-order valence-electron chi connectivity index (χ3n) is 5.43. The molecule has 2 amide bonds. The molecule has 0 saturated heterocycles. The lowest BCUT2D eigenvalue weighted by Crippen LogP contribution is -2.49. The van der Waals surface area contributed by atoms with Crippen molar-refractivity contribution in [1.82, 2.24) is 10.6 Å². The van der Waals surface area contributed by atoms with Gasteiger partial charge in [0.2, 0.25) is 5.91 Å². The molecule has 170 valence electrons. The lowest BCUT2D eigenvalue weighted by molar-refractivity contribution is -0.137. The van der Waals surface area contributed by atoms with Crippen molar-refractivity contribution in [3.63, 3.8) is 0 Å². The van der Waals surface area contributed by atoms with Gasteiger partial charge in [-0.3, -0.25) is 9.59 Å². The highest BCUT2D eigenvalue weighted by Crippen LogP contribution is 2.44. The monoisotopic (exact) mass is 456 g/mol. The number of carbonyl (C=O) groups excluding carboxylic acids is 2. The molecule has 7 nitrogen and oxygen atoms in total. The van der Waals surface area contributed by atoms with Gasteiger partial charge in [-0.1, -0.05) is 48.5 Å². The predicted molar refractivity (Wildman–Crippen MR) is 125 cm³/mol. The van der Waals surface area contributed by atoms with Gasteiger partial charge in [-0.25, -0.2) is 4.79 Å². The summed E-state index contributed by atoms with van der Waals surface area (Å²) >= 11 is 1.56. The number of rotatable bonds is 10. The molecular formula is C24H28N2O5S. The Morgan fingerprint density at radius 1 is 1.03 bits per heavy atom. The summed E-state index contributed by atoms with van der Waals surface area (Å²) in [6, 6.07) is 14.8. The van der Waals surface area contributed by atoms with Crippen LogP contribution in [0.1, 0.15) is 36.8 Å². The van der Waals surface area contributed by atoms with E-state index in [4.69, 9.17) is 9.84 Å². The number of thioether (sulfide) groups is 1. The summed E-state index contributed by atoms with van der Waals surface area (Å²) in [6.07, 6.45) is 1.47. The number of ether oxygens (including phenoxy) is 1. The molecular weight excluding hydrogens is 428 g/mol. The summed E-state index contributed by atoms with van der Waals surface area (Å²) in [4.78, 5) is 36.0. The number of nitrogens with one attached hydrogen (secondary N) is 2. The Morgan fingerprint density at radius 2 is 1.62 bits per heavy atom. The minimum Gasteiger partial charge on any atom is -0.481 e. The molecule has 1 aliphatic rings. The van der Waals surface area contributed by atoms with E-state index in [9.17, 15) is 14.4 Å². The van der Waals surface area contributed by atoms with Crippen LogP contribution in [0.5, 0.6) is 0 Å². The first kappa shape index (κ1) is 23.7. The fourth-order valence-corrected chi connectivity index (χ4v) is 4.41. The Labute approximate surface area is 191 Å². The van der Waals surface area contributed by atoms with Gasteiger partial charge in [0.05, 0.1) is 6.42 Å². The van der Waals surface area contributed by atoms with E-state index in [1.165, 1.54) is 0 Å². The zero-order valence-corrected chi connectivity index (χ0v) is 19.0. The van der Waals surface area contributed by atoms with Crippen molar-refractivity contribution in [1.29, 1.82) is 0 Å². The molecule has 8 heteroatoms. The smallest absolute Gasteiger partial charge is 0.407 e. The minimum absolute atomic E-state index is 0.0674. The molecule has 0 aliphatic heterocycles. The molecule has 2 atom stereocenters. The molecule has 3 N–H and O–H groups in total. The average molecular weight is 457 g/mol. The Morgan fingerprint density at radius 3 is 2.19 bits per heavy atom. The largest absolute Gasteiger partial charge is 0.481 e. The van der Waals surface area contributed by atoms with Gasteiger partial charge in [0.1, 0.15) is 12.6 Å². The zero-order chi connectivity index (χ0) is 23.1. The second-order valence-corrected chi connectivity index (χ2v) is 8.80. The summed E-state index contributed by atoms with van der Waals surface area (Å²) in [5, 5.41) is 14.2.